The monoisotopic (exact) mass is 302 g/mol. The number of amides is 1. The van der Waals surface area contributed by atoms with Crippen molar-refractivity contribution in [3.63, 3.8) is 0 Å². The number of likely N-dealkylation sites (N-methyl/N-ethyl adjacent to an activating group) is 1. The average molecular weight is 302 g/mol. The topological polar surface area (TPSA) is 60.2 Å². The summed E-state index contributed by atoms with van der Waals surface area (Å²) >= 11 is 0. The van der Waals surface area contributed by atoms with Gasteiger partial charge in [-0.1, -0.05) is 18.2 Å². The van der Waals surface area contributed by atoms with Gasteiger partial charge in [0.15, 0.2) is 0 Å². The van der Waals surface area contributed by atoms with E-state index in [0.29, 0.717) is 13.0 Å². The van der Waals surface area contributed by atoms with Crippen molar-refractivity contribution in [2.24, 2.45) is 0 Å². The van der Waals surface area contributed by atoms with Crippen LogP contribution in [0.1, 0.15) is 12.0 Å². The molecule has 5 heteroatoms. The molecule has 0 atom stereocenters. The molecule has 120 valence electrons. The van der Waals surface area contributed by atoms with Crippen molar-refractivity contribution < 1.29 is 4.79 Å². The molecule has 0 saturated carbocycles. The van der Waals surface area contributed by atoms with Gasteiger partial charge in [0.05, 0.1) is 0 Å². The maximum absolute atomic E-state index is 11.8. The summed E-state index contributed by atoms with van der Waals surface area (Å²) in [5.74, 6) is 0.109. The maximum atomic E-state index is 11.8. The fourth-order valence-corrected chi connectivity index (χ4v) is 2.39. The van der Waals surface area contributed by atoms with Crippen LogP contribution in [0.4, 0.5) is 0 Å². The van der Waals surface area contributed by atoms with Crippen LogP contribution < -0.4 is 10.6 Å². The lowest BCUT2D eigenvalue weighted by Gasteiger charge is -2.10. The summed E-state index contributed by atoms with van der Waals surface area (Å²) in [5.41, 5.74) is 2.40. The predicted octanol–water partition coefficient (Wildman–Crippen LogP) is 1.37. The molecule has 2 aromatic rings. The van der Waals surface area contributed by atoms with Gasteiger partial charge in [-0.3, -0.25) is 4.79 Å². The minimum Gasteiger partial charge on any atom is -0.361 e. The molecule has 2 rings (SSSR count). The largest absolute Gasteiger partial charge is 0.361 e. The number of carbonyl (C=O) groups excluding carboxylic acids is 1. The number of aromatic amines is 1. The summed E-state index contributed by atoms with van der Waals surface area (Å²) in [7, 11) is 4.08. The number of rotatable bonds is 9. The van der Waals surface area contributed by atoms with Gasteiger partial charge in [-0.15, -0.1) is 0 Å². The highest BCUT2D eigenvalue weighted by molar-refractivity contribution is 5.83. The molecule has 5 nitrogen and oxygen atoms in total. The quantitative estimate of drug-likeness (QED) is 0.613. The van der Waals surface area contributed by atoms with Gasteiger partial charge in [0, 0.05) is 49.7 Å². The summed E-state index contributed by atoms with van der Waals surface area (Å²) < 4.78 is 0. The number of benzene rings is 1. The average Bonchev–Trinajstić information content (AvgIpc) is 2.90. The van der Waals surface area contributed by atoms with Crippen molar-refractivity contribution in [2.75, 3.05) is 40.3 Å². The Morgan fingerprint density at radius 3 is 2.82 bits per heavy atom. The van der Waals surface area contributed by atoms with Crippen LogP contribution in [-0.4, -0.2) is 56.1 Å². The van der Waals surface area contributed by atoms with E-state index < -0.39 is 0 Å². The zero-order valence-electron chi connectivity index (χ0n) is 13.5. The molecule has 0 aliphatic heterocycles. The molecule has 0 spiro atoms. The minimum atomic E-state index is 0.109. The van der Waals surface area contributed by atoms with Crippen LogP contribution in [0.3, 0.4) is 0 Å². The van der Waals surface area contributed by atoms with Gasteiger partial charge >= 0.3 is 0 Å². The number of nitrogens with zero attached hydrogens (tertiary/aromatic N) is 1. The Bertz CT molecular complexity index is 591. The van der Waals surface area contributed by atoms with E-state index in [1.54, 1.807) is 0 Å². The first-order valence-electron chi connectivity index (χ1n) is 7.84. The molecular weight excluding hydrogens is 276 g/mol. The standard InChI is InChI=1S/C17H26N4O/c1-21(2)12-11-18-9-8-17(22)19-10-7-14-13-20-16-6-4-3-5-15(14)16/h3-6,13,18,20H,7-12H2,1-2H3,(H,19,22). The molecule has 1 aromatic heterocycles. The van der Waals surface area contributed by atoms with Gasteiger partial charge in [-0.25, -0.2) is 0 Å². The molecule has 0 aliphatic rings. The molecule has 0 aliphatic carbocycles. The molecule has 1 aromatic carbocycles. The molecule has 0 bridgehead atoms. The highest BCUT2D eigenvalue weighted by Crippen LogP contribution is 2.17. The fourth-order valence-electron chi connectivity index (χ4n) is 2.39. The lowest BCUT2D eigenvalue weighted by atomic mass is 10.1. The Balaban J connectivity index is 1.63. The van der Waals surface area contributed by atoms with Gasteiger partial charge < -0.3 is 20.5 Å². The van der Waals surface area contributed by atoms with Gasteiger partial charge in [-0.05, 0) is 32.1 Å². The van der Waals surface area contributed by atoms with E-state index >= 15 is 0 Å². The number of nitrogens with one attached hydrogen (secondary N) is 3. The molecule has 0 radical (unpaired) electrons. The highest BCUT2D eigenvalue weighted by atomic mass is 16.1. The van der Waals surface area contributed by atoms with E-state index in [1.165, 1.54) is 10.9 Å². The third kappa shape index (κ3) is 5.16. The third-order valence-electron chi connectivity index (χ3n) is 3.66. The summed E-state index contributed by atoms with van der Waals surface area (Å²) in [4.78, 5) is 17.1. The van der Waals surface area contributed by atoms with Crippen molar-refractivity contribution in [1.29, 1.82) is 0 Å². The lowest BCUT2D eigenvalue weighted by Crippen LogP contribution is -2.32. The van der Waals surface area contributed by atoms with Gasteiger partial charge in [-0.2, -0.15) is 0 Å². The van der Waals surface area contributed by atoms with Crippen LogP contribution in [0, 0.1) is 0 Å². The van der Waals surface area contributed by atoms with E-state index in [0.717, 1.165) is 31.6 Å². The summed E-state index contributed by atoms with van der Waals surface area (Å²) in [6.45, 7) is 3.31. The number of hydrogen-bond acceptors (Lipinski definition) is 3. The SMILES string of the molecule is CN(C)CCNCCC(=O)NCCc1c[nH]c2ccccc12. The number of H-pyrrole nitrogens is 1. The van der Waals surface area contributed by atoms with Crippen molar-refractivity contribution in [3.8, 4) is 0 Å². The van der Waals surface area contributed by atoms with Crippen molar-refractivity contribution in [2.45, 2.75) is 12.8 Å². The molecule has 0 unspecified atom stereocenters. The van der Waals surface area contributed by atoms with Gasteiger partial charge in [0.25, 0.3) is 0 Å². The van der Waals surface area contributed by atoms with E-state index in [9.17, 15) is 4.79 Å². The zero-order chi connectivity index (χ0) is 15.8. The number of hydrogen-bond donors (Lipinski definition) is 3. The first-order valence-corrected chi connectivity index (χ1v) is 7.84. The minimum absolute atomic E-state index is 0.109. The Morgan fingerprint density at radius 1 is 1.18 bits per heavy atom. The first-order chi connectivity index (χ1) is 10.7. The third-order valence-corrected chi connectivity index (χ3v) is 3.66. The zero-order valence-corrected chi connectivity index (χ0v) is 13.5. The summed E-state index contributed by atoms with van der Waals surface area (Å²) in [6.07, 6.45) is 3.41. The van der Waals surface area contributed by atoms with Crippen LogP contribution >= 0.6 is 0 Å². The molecular formula is C17H26N4O. The van der Waals surface area contributed by atoms with E-state index in [-0.39, 0.29) is 5.91 Å². The van der Waals surface area contributed by atoms with E-state index in [2.05, 4.69) is 32.7 Å². The number of fused-ring (bicyclic) bond motifs is 1. The molecule has 0 saturated heterocycles. The van der Waals surface area contributed by atoms with Crippen LogP contribution in [0.5, 0.6) is 0 Å². The highest BCUT2D eigenvalue weighted by Gasteiger charge is 2.04. The second-order valence-electron chi connectivity index (χ2n) is 5.76. The van der Waals surface area contributed by atoms with Gasteiger partial charge in [0.2, 0.25) is 5.91 Å². The number of aromatic nitrogens is 1. The molecule has 1 heterocycles. The number of para-hydroxylation sites is 1. The second kappa shape index (κ2) is 8.56. The Kier molecular flexibility index (Phi) is 6.43. The normalized spacial score (nSPS) is 11.2. The van der Waals surface area contributed by atoms with Gasteiger partial charge in [0.1, 0.15) is 0 Å². The second-order valence-corrected chi connectivity index (χ2v) is 5.76. The molecule has 0 fully saturated rings. The molecule has 22 heavy (non-hydrogen) atoms. The Morgan fingerprint density at radius 2 is 2.00 bits per heavy atom. The van der Waals surface area contributed by atoms with E-state index in [4.69, 9.17) is 0 Å². The fraction of sp³-hybridized carbons (Fsp3) is 0.471. The first kappa shape index (κ1) is 16.5. The van der Waals surface area contributed by atoms with Crippen molar-refractivity contribution >= 4 is 16.8 Å². The summed E-state index contributed by atoms with van der Waals surface area (Å²) in [6, 6.07) is 8.24. The van der Waals surface area contributed by atoms with Crippen LogP contribution in [-0.2, 0) is 11.2 Å². The molecule has 1 amide bonds. The smallest absolute Gasteiger partial charge is 0.221 e. The van der Waals surface area contributed by atoms with Crippen molar-refractivity contribution in [3.05, 3.63) is 36.0 Å². The Hall–Kier alpha value is -1.85. The predicted molar refractivity (Wildman–Crippen MR) is 91.1 cm³/mol. The number of carbonyl (C=O) groups is 1. The van der Waals surface area contributed by atoms with Crippen LogP contribution in [0.15, 0.2) is 30.5 Å². The molecule has 3 N–H and O–H groups in total. The maximum Gasteiger partial charge on any atom is 0.221 e. The van der Waals surface area contributed by atoms with Crippen LogP contribution in [0.2, 0.25) is 0 Å². The lowest BCUT2D eigenvalue weighted by molar-refractivity contribution is -0.120. The van der Waals surface area contributed by atoms with Crippen LogP contribution in [0.25, 0.3) is 10.9 Å². The van der Waals surface area contributed by atoms with Crippen molar-refractivity contribution in [1.82, 2.24) is 20.5 Å². The van der Waals surface area contributed by atoms with E-state index in [1.807, 2.05) is 32.4 Å². The summed E-state index contributed by atoms with van der Waals surface area (Å²) in [5, 5.41) is 7.49. The Labute approximate surface area is 132 Å².